The summed E-state index contributed by atoms with van der Waals surface area (Å²) in [5.74, 6) is 0.569. The van der Waals surface area contributed by atoms with Gasteiger partial charge in [0.25, 0.3) is 0 Å². The average Bonchev–Trinajstić information content (AvgIpc) is 2.98. The maximum absolute atomic E-state index is 9.47. The number of aliphatic hydroxyl groups excluding tert-OH is 1. The maximum Gasteiger partial charge on any atom is 0.0611 e. The van der Waals surface area contributed by atoms with Crippen molar-refractivity contribution in [2.45, 2.75) is 64.6 Å². The third kappa shape index (κ3) is 5.28. The Morgan fingerprint density at radius 2 is 2.00 bits per heavy atom. The first-order chi connectivity index (χ1) is 7.45. The molecule has 0 saturated heterocycles. The Bertz CT molecular complexity index is 204. The fraction of sp³-hybridized carbons (Fsp3) is 1.00. The van der Waals surface area contributed by atoms with Crippen LogP contribution in [-0.4, -0.2) is 36.0 Å². The highest BCUT2D eigenvalue weighted by Gasteiger charge is 2.33. The van der Waals surface area contributed by atoms with Gasteiger partial charge in [0.2, 0.25) is 0 Å². The molecule has 1 aliphatic rings. The summed E-state index contributed by atoms with van der Waals surface area (Å²) in [5.41, 5.74) is -0.183. The van der Waals surface area contributed by atoms with E-state index in [1.165, 1.54) is 12.8 Å². The Morgan fingerprint density at radius 3 is 2.44 bits per heavy atom. The van der Waals surface area contributed by atoms with Gasteiger partial charge < -0.3 is 15.2 Å². The minimum absolute atomic E-state index is 0.179. The zero-order valence-electron chi connectivity index (χ0n) is 11.1. The molecule has 0 spiro atoms. The van der Waals surface area contributed by atoms with Crippen molar-refractivity contribution >= 4 is 0 Å². The normalized spacial score (nSPS) is 22.1. The lowest BCUT2D eigenvalue weighted by molar-refractivity contribution is 0.0149. The fourth-order valence-corrected chi connectivity index (χ4v) is 1.94. The number of hydrogen-bond acceptors (Lipinski definition) is 3. The third-order valence-electron chi connectivity index (χ3n) is 2.93. The van der Waals surface area contributed by atoms with Crippen LogP contribution in [0.5, 0.6) is 0 Å². The van der Waals surface area contributed by atoms with Crippen LogP contribution < -0.4 is 5.32 Å². The predicted octanol–water partition coefficient (Wildman–Crippen LogP) is 1.94. The van der Waals surface area contributed by atoms with Gasteiger partial charge in [-0.05, 0) is 39.0 Å². The second kappa shape index (κ2) is 5.99. The highest BCUT2D eigenvalue weighted by Crippen LogP contribution is 2.25. The molecule has 0 aliphatic heterocycles. The van der Waals surface area contributed by atoms with Crippen LogP contribution in [-0.2, 0) is 4.74 Å². The van der Waals surface area contributed by atoms with Crippen molar-refractivity contribution in [1.29, 1.82) is 0 Å². The summed E-state index contributed by atoms with van der Waals surface area (Å²) in [6.07, 6.45) is 3.56. The molecule has 96 valence electrons. The molecule has 16 heavy (non-hydrogen) atoms. The quantitative estimate of drug-likeness (QED) is 0.668. The van der Waals surface area contributed by atoms with E-state index in [-0.39, 0.29) is 18.2 Å². The molecule has 1 fully saturated rings. The summed E-state index contributed by atoms with van der Waals surface area (Å²) in [4.78, 5) is 0. The standard InChI is InChI=1S/C13H27NO2/c1-10(2)8-16-11(3)7-13(4,9-15)14-12-5-6-12/h10-12,14-15H,5-9H2,1-4H3. The largest absolute Gasteiger partial charge is 0.394 e. The summed E-state index contributed by atoms with van der Waals surface area (Å²) in [6, 6.07) is 0.620. The lowest BCUT2D eigenvalue weighted by Crippen LogP contribution is -2.49. The second-order valence-electron chi connectivity index (χ2n) is 5.88. The smallest absolute Gasteiger partial charge is 0.0611 e. The van der Waals surface area contributed by atoms with Crippen LogP contribution in [0.4, 0.5) is 0 Å². The van der Waals surface area contributed by atoms with Crippen LogP contribution in [0.1, 0.15) is 47.0 Å². The van der Waals surface area contributed by atoms with Crippen molar-refractivity contribution in [3.63, 3.8) is 0 Å². The Morgan fingerprint density at radius 1 is 1.38 bits per heavy atom. The van der Waals surface area contributed by atoms with E-state index < -0.39 is 0 Å². The number of hydrogen-bond donors (Lipinski definition) is 2. The molecule has 0 heterocycles. The lowest BCUT2D eigenvalue weighted by Gasteiger charge is -2.32. The molecule has 2 N–H and O–H groups in total. The molecule has 3 heteroatoms. The Hall–Kier alpha value is -0.120. The third-order valence-corrected chi connectivity index (χ3v) is 2.93. The highest BCUT2D eigenvalue weighted by atomic mass is 16.5. The Labute approximate surface area is 99.6 Å². The van der Waals surface area contributed by atoms with Crippen LogP contribution in [0, 0.1) is 5.92 Å². The van der Waals surface area contributed by atoms with Crippen LogP contribution >= 0.6 is 0 Å². The maximum atomic E-state index is 9.47. The molecule has 0 bridgehead atoms. The lowest BCUT2D eigenvalue weighted by atomic mass is 9.95. The van der Waals surface area contributed by atoms with Crippen LogP contribution in [0.3, 0.4) is 0 Å². The van der Waals surface area contributed by atoms with E-state index in [1.807, 2.05) is 0 Å². The van der Waals surface area contributed by atoms with Gasteiger partial charge in [0.1, 0.15) is 0 Å². The fourth-order valence-electron chi connectivity index (χ4n) is 1.94. The van der Waals surface area contributed by atoms with Crippen LogP contribution in [0.15, 0.2) is 0 Å². The molecule has 0 aromatic rings. The van der Waals surface area contributed by atoms with Gasteiger partial charge in [0, 0.05) is 18.2 Å². The van der Waals surface area contributed by atoms with E-state index in [4.69, 9.17) is 4.74 Å². The van der Waals surface area contributed by atoms with E-state index >= 15 is 0 Å². The van der Waals surface area contributed by atoms with Gasteiger partial charge in [-0.2, -0.15) is 0 Å². The molecule has 2 atom stereocenters. The summed E-state index contributed by atoms with van der Waals surface area (Å²) >= 11 is 0. The molecule has 2 unspecified atom stereocenters. The zero-order chi connectivity index (χ0) is 12.2. The van der Waals surface area contributed by atoms with E-state index in [1.54, 1.807) is 0 Å². The van der Waals surface area contributed by atoms with Gasteiger partial charge in [0.15, 0.2) is 0 Å². The van der Waals surface area contributed by atoms with Gasteiger partial charge in [-0.15, -0.1) is 0 Å². The van der Waals surface area contributed by atoms with Gasteiger partial charge in [-0.1, -0.05) is 13.8 Å². The first kappa shape index (κ1) is 13.9. The van der Waals surface area contributed by atoms with Gasteiger partial charge in [-0.3, -0.25) is 0 Å². The molecule has 1 rings (SSSR count). The molecule has 1 aliphatic carbocycles. The molecule has 0 aromatic carbocycles. The highest BCUT2D eigenvalue weighted by molar-refractivity contribution is 4.93. The van der Waals surface area contributed by atoms with Crippen molar-refractivity contribution < 1.29 is 9.84 Å². The Balaban J connectivity index is 2.29. The summed E-state index contributed by atoms with van der Waals surface area (Å²) < 4.78 is 5.75. The van der Waals surface area contributed by atoms with E-state index in [0.29, 0.717) is 12.0 Å². The van der Waals surface area contributed by atoms with Crippen molar-refractivity contribution in [2.75, 3.05) is 13.2 Å². The van der Waals surface area contributed by atoms with Gasteiger partial charge in [-0.25, -0.2) is 0 Å². The minimum Gasteiger partial charge on any atom is -0.394 e. The van der Waals surface area contributed by atoms with Crippen molar-refractivity contribution in [3.8, 4) is 0 Å². The molecule has 0 aromatic heterocycles. The van der Waals surface area contributed by atoms with E-state index in [2.05, 4.69) is 33.0 Å². The molecular formula is C13H27NO2. The summed E-state index contributed by atoms with van der Waals surface area (Å²) in [5, 5.41) is 13.0. The first-order valence-electron chi connectivity index (χ1n) is 6.45. The molecule has 3 nitrogen and oxygen atoms in total. The second-order valence-corrected chi connectivity index (χ2v) is 5.88. The number of nitrogens with one attached hydrogen (secondary N) is 1. The van der Waals surface area contributed by atoms with E-state index in [9.17, 15) is 5.11 Å². The average molecular weight is 229 g/mol. The van der Waals surface area contributed by atoms with Crippen LogP contribution in [0.25, 0.3) is 0 Å². The minimum atomic E-state index is -0.183. The Kier molecular flexibility index (Phi) is 5.22. The number of aliphatic hydroxyl groups is 1. The summed E-state index contributed by atoms with van der Waals surface area (Å²) in [7, 11) is 0. The molecular weight excluding hydrogens is 202 g/mol. The SMILES string of the molecule is CC(C)COC(C)CC(C)(CO)NC1CC1. The van der Waals surface area contributed by atoms with Crippen LogP contribution in [0.2, 0.25) is 0 Å². The van der Waals surface area contributed by atoms with Crippen molar-refractivity contribution in [2.24, 2.45) is 5.92 Å². The van der Waals surface area contributed by atoms with Gasteiger partial charge >= 0.3 is 0 Å². The van der Waals surface area contributed by atoms with Crippen molar-refractivity contribution in [1.82, 2.24) is 5.32 Å². The number of ether oxygens (including phenoxy) is 1. The molecule has 0 amide bonds. The van der Waals surface area contributed by atoms with E-state index in [0.717, 1.165) is 13.0 Å². The number of rotatable bonds is 8. The predicted molar refractivity (Wildman–Crippen MR) is 66.5 cm³/mol. The molecule has 0 radical (unpaired) electrons. The topological polar surface area (TPSA) is 41.5 Å². The van der Waals surface area contributed by atoms with Gasteiger partial charge in [0.05, 0.1) is 12.7 Å². The monoisotopic (exact) mass is 229 g/mol. The first-order valence-corrected chi connectivity index (χ1v) is 6.45. The van der Waals surface area contributed by atoms with Crippen molar-refractivity contribution in [3.05, 3.63) is 0 Å². The zero-order valence-corrected chi connectivity index (χ0v) is 11.1. The molecule has 1 saturated carbocycles. The summed E-state index contributed by atoms with van der Waals surface area (Å²) in [6.45, 7) is 9.46.